The molecule has 0 saturated heterocycles. The van der Waals surface area contributed by atoms with Crippen LogP contribution in [0.2, 0.25) is 0 Å². The van der Waals surface area contributed by atoms with Crippen LogP contribution in [0.15, 0.2) is 12.3 Å². The average Bonchev–Trinajstić information content (AvgIpc) is 2.18. The Bertz CT molecular complexity index is 354. The van der Waals surface area contributed by atoms with Gasteiger partial charge in [0.15, 0.2) is 0 Å². The van der Waals surface area contributed by atoms with Gasteiger partial charge in [-0.25, -0.2) is 9.97 Å². The molecule has 0 aliphatic rings. The maximum absolute atomic E-state index is 8.59. The highest BCUT2D eigenvalue weighted by Crippen LogP contribution is 2.13. The minimum absolute atomic E-state index is 0.340. The third kappa shape index (κ3) is 3.21. The zero-order valence-corrected chi connectivity index (χ0v) is 9.44. The zero-order chi connectivity index (χ0) is 11.3. The predicted octanol–water partition coefficient (Wildman–Crippen LogP) is 1.91. The van der Waals surface area contributed by atoms with Crippen molar-refractivity contribution in [2.24, 2.45) is 0 Å². The third-order valence-electron chi connectivity index (χ3n) is 2.14. The first kappa shape index (κ1) is 11.4. The lowest BCUT2D eigenvalue weighted by molar-refractivity contribution is 0.674. The number of hydrogen-bond donors (Lipinski definition) is 0. The fourth-order valence-corrected chi connectivity index (χ4v) is 1.41. The van der Waals surface area contributed by atoms with Crippen molar-refractivity contribution in [3.63, 3.8) is 0 Å². The SMILES string of the molecule is Cc1nccc(N(CCC#N)C(C)C)n1. The normalized spacial score (nSPS) is 10.1. The van der Waals surface area contributed by atoms with Crippen LogP contribution in [-0.2, 0) is 0 Å². The summed E-state index contributed by atoms with van der Waals surface area (Å²) in [7, 11) is 0. The standard InChI is InChI=1S/C11H16N4/c1-9(2)15(8-4-6-12)11-5-7-13-10(3)14-11/h5,7,9H,4,8H2,1-3H3. The number of nitrogens with zero attached hydrogens (tertiary/aromatic N) is 4. The molecule has 0 aliphatic carbocycles. The Morgan fingerprint density at radius 2 is 2.27 bits per heavy atom. The van der Waals surface area contributed by atoms with Crippen LogP contribution >= 0.6 is 0 Å². The highest BCUT2D eigenvalue weighted by atomic mass is 15.2. The molecule has 0 aromatic carbocycles. The van der Waals surface area contributed by atoms with E-state index in [1.165, 1.54) is 0 Å². The molecule has 1 aromatic rings. The van der Waals surface area contributed by atoms with Gasteiger partial charge >= 0.3 is 0 Å². The van der Waals surface area contributed by atoms with Gasteiger partial charge in [-0.05, 0) is 26.8 Å². The summed E-state index contributed by atoms with van der Waals surface area (Å²) in [5.41, 5.74) is 0. The van der Waals surface area contributed by atoms with E-state index in [4.69, 9.17) is 5.26 Å². The Morgan fingerprint density at radius 1 is 1.53 bits per heavy atom. The molecule has 0 spiro atoms. The zero-order valence-electron chi connectivity index (χ0n) is 9.44. The van der Waals surface area contributed by atoms with Gasteiger partial charge in [0.1, 0.15) is 11.6 Å². The second kappa shape index (κ2) is 5.30. The van der Waals surface area contributed by atoms with Gasteiger partial charge < -0.3 is 4.90 Å². The third-order valence-corrected chi connectivity index (χ3v) is 2.14. The second-order valence-corrected chi connectivity index (χ2v) is 3.66. The van der Waals surface area contributed by atoms with Crippen molar-refractivity contribution in [1.82, 2.24) is 9.97 Å². The van der Waals surface area contributed by atoms with E-state index in [2.05, 4.69) is 34.8 Å². The Hall–Kier alpha value is -1.63. The molecular weight excluding hydrogens is 188 g/mol. The van der Waals surface area contributed by atoms with Gasteiger partial charge in [-0.3, -0.25) is 0 Å². The molecule has 0 radical (unpaired) electrons. The summed E-state index contributed by atoms with van der Waals surface area (Å²) in [6, 6.07) is 4.37. The topological polar surface area (TPSA) is 52.8 Å². The largest absolute Gasteiger partial charge is 0.353 e. The van der Waals surface area contributed by atoms with E-state index in [0.29, 0.717) is 19.0 Å². The predicted molar refractivity (Wildman–Crippen MR) is 59.5 cm³/mol. The van der Waals surface area contributed by atoms with E-state index >= 15 is 0 Å². The highest BCUT2D eigenvalue weighted by Gasteiger charge is 2.11. The highest BCUT2D eigenvalue weighted by molar-refractivity contribution is 5.38. The van der Waals surface area contributed by atoms with Crippen molar-refractivity contribution >= 4 is 5.82 Å². The summed E-state index contributed by atoms with van der Waals surface area (Å²) >= 11 is 0. The van der Waals surface area contributed by atoms with Crippen LogP contribution < -0.4 is 4.90 Å². The molecular formula is C11H16N4. The Morgan fingerprint density at radius 3 is 2.80 bits per heavy atom. The fraction of sp³-hybridized carbons (Fsp3) is 0.545. The number of nitriles is 1. The number of aromatic nitrogens is 2. The summed E-state index contributed by atoms with van der Waals surface area (Å²) in [6.07, 6.45) is 2.26. The van der Waals surface area contributed by atoms with Crippen LogP contribution in [-0.4, -0.2) is 22.6 Å². The number of aryl methyl sites for hydroxylation is 1. The molecule has 0 bridgehead atoms. The molecule has 0 N–H and O–H groups in total. The first-order valence-electron chi connectivity index (χ1n) is 5.08. The summed E-state index contributed by atoms with van der Waals surface area (Å²) in [5, 5.41) is 8.59. The van der Waals surface area contributed by atoms with E-state index in [-0.39, 0.29) is 0 Å². The maximum atomic E-state index is 8.59. The van der Waals surface area contributed by atoms with Gasteiger partial charge in [-0.1, -0.05) is 0 Å². The molecule has 1 rings (SSSR count). The van der Waals surface area contributed by atoms with Crippen molar-refractivity contribution in [2.45, 2.75) is 33.2 Å². The first-order valence-corrected chi connectivity index (χ1v) is 5.08. The summed E-state index contributed by atoms with van der Waals surface area (Å²) in [4.78, 5) is 10.5. The van der Waals surface area contributed by atoms with Crippen LogP contribution in [0.4, 0.5) is 5.82 Å². The van der Waals surface area contributed by atoms with Crippen LogP contribution in [0, 0.1) is 18.3 Å². The van der Waals surface area contributed by atoms with Crippen molar-refractivity contribution < 1.29 is 0 Å². The number of hydrogen-bond acceptors (Lipinski definition) is 4. The summed E-state index contributed by atoms with van der Waals surface area (Å²) in [6.45, 7) is 6.76. The Balaban J connectivity index is 2.84. The molecule has 0 saturated carbocycles. The number of anilines is 1. The van der Waals surface area contributed by atoms with Gasteiger partial charge in [0.2, 0.25) is 0 Å². The van der Waals surface area contributed by atoms with Gasteiger partial charge in [0.25, 0.3) is 0 Å². The average molecular weight is 204 g/mol. The molecule has 0 atom stereocenters. The summed E-state index contributed by atoms with van der Waals surface area (Å²) in [5.74, 6) is 1.66. The molecule has 4 nitrogen and oxygen atoms in total. The van der Waals surface area contributed by atoms with Crippen molar-refractivity contribution in [1.29, 1.82) is 5.26 Å². The lowest BCUT2D eigenvalue weighted by Crippen LogP contribution is -2.32. The van der Waals surface area contributed by atoms with Crippen molar-refractivity contribution in [3.8, 4) is 6.07 Å². The van der Waals surface area contributed by atoms with E-state index in [9.17, 15) is 0 Å². The Labute approximate surface area is 90.6 Å². The monoisotopic (exact) mass is 204 g/mol. The smallest absolute Gasteiger partial charge is 0.132 e. The van der Waals surface area contributed by atoms with Crippen molar-refractivity contribution in [2.75, 3.05) is 11.4 Å². The molecule has 0 fully saturated rings. The van der Waals surface area contributed by atoms with Gasteiger partial charge in [-0.15, -0.1) is 0 Å². The van der Waals surface area contributed by atoms with Gasteiger partial charge in [0.05, 0.1) is 12.5 Å². The second-order valence-electron chi connectivity index (χ2n) is 3.66. The first-order chi connectivity index (χ1) is 7.15. The summed E-state index contributed by atoms with van der Waals surface area (Å²) < 4.78 is 0. The quantitative estimate of drug-likeness (QED) is 0.751. The maximum Gasteiger partial charge on any atom is 0.132 e. The molecule has 4 heteroatoms. The minimum Gasteiger partial charge on any atom is -0.353 e. The van der Waals surface area contributed by atoms with E-state index in [1.54, 1.807) is 6.20 Å². The molecule has 0 aliphatic heterocycles. The Kier molecular flexibility index (Phi) is 4.04. The molecule has 80 valence electrons. The van der Waals surface area contributed by atoms with Gasteiger partial charge in [0, 0.05) is 18.8 Å². The fourth-order valence-electron chi connectivity index (χ4n) is 1.41. The van der Waals surface area contributed by atoms with Gasteiger partial charge in [-0.2, -0.15) is 5.26 Å². The lowest BCUT2D eigenvalue weighted by Gasteiger charge is -2.26. The van der Waals surface area contributed by atoms with Crippen LogP contribution in [0.3, 0.4) is 0 Å². The van der Waals surface area contributed by atoms with E-state index in [1.807, 2.05) is 13.0 Å². The molecule has 15 heavy (non-hydrogen) atoms. The van der Waals surface area contributed by atoms with Crippen LogP contribution in [0.25, 0.3) is 0 Å². The number of rotatable bonds is 4. The molecule has 0 amide bonds. The van der Waals surface area contributed by atoms with Crippen LogP contribution in [0.1, 0.15) is 26.1 Å². The minimum atomic E-state index is 0.340. The lowest BCUT2D eigenvalue weighted by atomic mass is 10.3. The molecule has 0 unspecified atom stereocenters. The molecule has 1 aromatic heterocycles. The van der Waals surface area contributed by atoms with Crippen LogP contribution in [0.5, 0.6) is 0 Å². The van der Waals surface area contributed by atoms with Crippen molar-refractivity contribution in [3.05, 3.63) is 18.1 Å². The molecule has 1 heterocycles. The van der Waals surface area contributed by atoms with E-state index < -0.39 is 0 Å². The van der Waals surface area contributed by atoms with E-state index in [0.717, 1.165) is 11.6 Å².